The minimum atomic E-state index is -1.00. The Hall–Kier alpha value is -0.910. The Morgan fingerprint density at radius 2 is 1.82 bits per heavy atom. The summed E-state index contributed by atoms with van der Waals surface area (Å²) in [7, 11) is 0. The zero-order valence-electron chi connectivity index (χ0n) is 10.5. The molecule has 1 aromatic carbocycles. The van der Waals surface area contributed by atoms with Gasteiger partial charge in [0.05, 0.1) is 11.4 Å². The predicted octanol–water partition coefficient (Wildman–Crippen LogP) is 1.30. The number of nitrogens with zero attached hydrogens (tertiary/aromatic N) is 1. The maximum Gasteiger partial charge on any atom is 0.154 e. The smallest absolute Gasteiger partial charge is 0.154 e. The average Bonchev–Trinajstić information content (AvgIpc) is 2.33. The molecule has 4 N–H and O–H groups in total. The number of hydrogen-bond donors (Lipinski definition) is 2. The number of anilines is 2. The molecule has 0 fully saturated rings. The SMILES string of the molecule is CCN(CC)CC[S+]([O-])c1ccc(N)c(N)c1. The normalized spacial score (nSPS) is 12.9. The molecule has 1 rings (SSSR count). The fourth-order valence-electron chi connectivity index (χ4n) is 1.56. The molecule has 96 valence electrons. The summed E-state index contributed by atoms with van der Waals surface area (Å²) in [6.07, 6.45) is 0. The summed E-state index contributed by atoms with van der Waals surface area (Å²) in [6, 6.07) is 5.19. The van der Waals surface area contributed by atoms with Crippen molar-refractivity contribution >= 4 is 22.6 Å². The number of benzene rings is 1. The van der Waals surface area contributed by atoms with E-state index in [1.54, 1.807) is 18.2 Å². The molecule has 0 aliphatic carbocycles. The number of rotatable bonds is 6. The second kappa shape index (κ2) is 6.74. The van der Waals surface area contributed by atoms with E-state index in [2.05, 4.69) is 18.7 Å². The molecular formula is C12H21N3OS. The molecule has 1 aromatic rings. The molecule has 0 amide bonds. The molecule has 5 heteroatoms. The third-order valence-electron chi connectivity index (χ3n) is 2.81. The van der Waals surface area contributed by atoms with Gasteiger partial charge in [0.2, 0.25) is 0 Å². The summed E-state index contributed by atoms with van der Waals surface area (Å²) in [5.41, 5.74) is 12.4. The van der Waals surface area contributed by atoms with Gasteiger partial charge in [-0.25, -0.2) is 0 Å². The van der Waals surface area contributed by atoms with E-state index >= 15 is 0 Å². The van der Waals surface area contributed by atoms with Crippen molar-refractivity contribution in [1.29, 1.82) is 0 Å². The highest BCUT2D eigenvalue weighted by molar-refractivity contribution is 7.91. The molecule has 0 aromatic heterocycles. The summed E-state index contributed by atoms with van der Waals surface area (Å²) < 4.78 is 12.0. The summed E-state index contributed by atoms with van der Waals surface area (Å²) in [4.78, 5) is 3.00. The maximum atomic E-state index is 12.0. The lowest BCUT2D eigenvalue weighted by molar-refractivity contribution is 0.321. The Balaban J connectivity index is 2.57. The quantitative estimate of drug-likeness (QED) is 0.593. The van der Waals surface area contributed by atoms with Crippen LogP contribution < -0.4 is 11.5 Å². The first-order valence-corrected chi connectivity index (χ1v) is 7.16. The zero-order chi connectivity index (χ0) is 12.8. The molecule has 0 heterocycles. The Labute approximate surface area is 106 Å². The van der Waals surface area contributed by atoms with Crippen molar-refractivity contribution in [2.75, 3.05) is 36.9 Å². The number of nitrogens with two attached hydrogens (primary N) is 2. The van der Waals surface area contributed by atoms with Crippen LogP contribution in [0.2, 0.25) is 0 Å². The summed E-state index contributed by atoms with van der Waals surface area (Å²) in [6.45, 7) is 7.01. The lowest BCUT2D eigenvalue weighted by Crippen LogP contribution is -2.29. The van der Waals surface area contributed by atoms with Gasteiger partial charge in [0.15, 0.2) is 4.90 Å². The van der Waals surface area contributed by atoms with E-state index in [9.17, 15) is 4.55 Å². The van der Waals surface area contributed by atoms with Crippen molar-refractivity contribution in [3.63, 3.8) is 0 Å². The van der Waals surface area contributed by atoms with E-state index in [4.69, 9.17) is 11.5 Å². The fourth-order valence-corrected chi connectivity index (χ4v) is 2.70. The fraction of sp³-hybridized carbons (Fsp3) is 0.500. The van der Waals surface area contributed by atoms with Crippen molar-refractivity contribution < 1.29 is 4.55 Å². The van der Waals surface area contributed by atoms with Crippen molar-refractivity contribution in [2.24, 2.45) is 0 Å². The van der Waals surface area contributed by atoms with Crippen LogP contribution in [0.25, 0.3) is 0 Å². The second-order valence-electron chi connectivity index (χ2n) is 3.87. The van der Waals surface area contributed by atoms with Gasteiger partial charge >= 0.3 is 0 Å². The van der Waals surface area contributed by atoms with Gasteiger partial charge in [0.1, 0.15) is 5.75 Å². The second-order valence-corrected chi connectivity index (χ2v) is 5.44. The summed E-state index contributed by atoms with van der Waals surface area (Å²) >= 11 is -1.00. The number of nitrogen functional groups attached to an aromatic ring is 2. The molecule has 0 saturated carbocycles. The molecule has 0 saturated heterocycles. The first kappa shape index (κ1) is 14.2. The minimum absolute atomic E-state index is 0.499. The molecule has 4 nitrogen and oxygen atoms in total. The van der Waals surface area contributed by atoms with E-state index in [1.165, 1.54) is 0 Å². The van der Waals surface area contributed by atoms with Crippen LogP contribution in [0.5, 0.6) is 0 Å². The van der Waals surface area contributed by atoms with Crippen LogP contribution in [-0.4, -0.2) is 34.8 Å². The lowest BCUT2D eigenvalue weighted by atomic mass is 10.3. The van der Waals surface area contributed by atoms with Crippen molar-refractivity contribution in [2.45, 2.75) is 18.7 Å². The van der Waals surface area contributed by atoms with Crippen LogP contribution in [0.4, 0.5) is 11.4 Å². The van der Waals surface area contributed by atoms with E-state index in [0.717, 1.165) is 24.5 Å². The van der Waals surface area contributed by atoms with Crippen molar-refractivity contribution in [3.8, 4) is 0 Å². The van der Waals surface area contributed by atoms with E-state index in [-0.39, 0.29) is 0 Å². The Bertz CT molecular complexity index is 356. The maximum absolute atomic E-state index is 12.0. The van der Waals surface area contributed by atoms with Crippen molar-refractivity contribution in [1.82, 2.24) is 4.90 Å². The molecule has 1 atom stereocenters. The standard InChI is InChI=1S/C12H21N3OS/c1-3-15(4-2)7-8-17(16)10-5-6-11(13)12(14)9-10/h5-6,9H,3-4,7-8,13-14H2,1-2H3. The minimum Gasteiger partial charge on any atom is -0.611 e. The van der Waals surface area contributed by atoms with Crippen LogP contribution in [0, 0.1) is 0 Å². The first-order chi connectivity index (χ1) is 8.08. The third-order valence-corrected chi connectivity index (χ3v) is 4.14. The topological polar surface area (TPSA) is 78.3 Å². The predicted molar refractivity (Wildman–Crippen MR) is 74.3 cm³/mol. The van der Waals surface area contributed by atoms with Gasteiger partial charge in [-0.05, 0) is 36.4 Å². The Morgan fingerprint density at radius 3 is 2.35 bits per heavy atom. The van der Waals surface area contributed by atoms with Gasteiger partial charge in [-0.1, -0.05) is 13.8 Å². The molecule has 17 heavy (non-hydrogen) atoms. The highest BCUT2D eigenvalue weighted by Crippen LogP contribution is 2.20. The van der Waals surface area contributed by atoms with Gasteiger partial charge in [-0.15, -0.1) is 0 Å². The van der Waals surface area contributed by atoms with E-state index in [0.29, 0.717) is 17.1 Å². The largest absolute Gasteiger partial charge is 0.611 e. The molecule has 0 radical (unpaired) electrons. The van der Waals surface area contributed by atoms with Gasteiger partial charge in [0.25, 0.3) is 0 Å². The van der Waals surface area contributed by atoms with Crippen molar-refractivity contribution in [3.05, 3.63) is 18.2 Å². The Morgan fingerprint density at radius 1 is 1.18 bits per heavy atom. The van der Waals surface area contributed by atoms with Gasteiger partial charge in [-0.3, -0.25) is 4.90 Å². The van der Waals surface area contributed by atoms with Gasteiger partial charge < -0.3 is 16.0 Å². The third kappa shape index (κ3) is 4.11. The monoisotopic (exact) mass is 255 g/mol. The zero-order valence-corrected chi connectivity index (χ0v) is 11.3. The lowest BCUT2D eigenvalue weighted by Gasteiger charge is -2.19. The Kier molecular flexibility index (Phi) is 5.61. The summed E-state index contributed by atoms with van der Waals surface area (Å²) in [5.74, 6) is 0.630. The summed E-state index contributed by atoms with van der Waals surface area (Å²) in [5, 5.41) is 0. The first-order valence-electron chi connectivity index (χ1n) is 5.84. The van der Waals surface area contributed by atoms with Crippen LogP contribution >= 0.6 is 0 Å². The number of hydrogen-bond acceptors (Lipinski definition) is 4. The molecular weight excluding hydrogens is 234 g/mol. The van der Waals surface area contributed by atoms with Gasteiger partial charge in [0, 0.05) is 12.6 Å². The molecule has 0 aliphatic rings. The highest BCUT2D eigenvalue weighted by atomic mass is 32.2. The average molecular weight is 255 g/mol. The van der Waals surface area contributed by atoms with Crippen LogP contribution in [0.15, 0.2) is 23.1 Å². The molecule has 0 aliphatic heterocycles. The van der Waals surface area contributed by atoms with E-state index < -0.39 is 11.2 Å². The van der Waals surface area contributed by atoms with Crippen LogP contribution in [0.3, 0.4) is 0 Å². The van der Waals surface area contributed by atoms with Crippen LogP contribution in [0.1, 0.15) is 13.8 Å². The molecule has 0 bridgehead atoms. The van der Waals surface area contributed by atoms with Gasteiger partial charge in [-0.2, -0.15) is 0 Å². The molecule has 0 spiro atoms. The van der Waals surface area contributed by atoms with E-state index in [1.807, 2.05) is 0 Å². The van der Waals surface area contributed by atoms with Crippen LogP contribution in [-0.2, 0) is 11.2 Å². The highest BCUT2D eigenvalue weighted by Gasteiger charge is 2.13. The molecule has 1 unspecified atom stereocenters.